The molecule has 6 atom stereocenters. The summed E-state index contributed by atoms with van der Waals surface area (Å²) in [4.78, 5) is 24.8. The third-order valence-electron chi connectivity index (χ3n) is 6.36. The number of carbonyl (C=O) groups is 2. The summed E-state index contributed by atoms with van der Waals surface area (Å²) in [6, 6.07) is 0. The zero-order valence-electron chi connectivity index (χ0n) is 19.7. The molecule has 0 amide bonds. The average Bonchev–Trinajstić information content (AvgIpc) is 3.41. The van der Waals surface area contributed by atoms with Crippen molar-refractivity contribution < 1.29 is 28.9 Å². The molecule has 0 aromatic heterocycles. The highest BCUT2D eigenvalue weighted by molar-refractivity contribution is 5.88. The molecule has 6 heteroatoms. The summed E-state index contributed by atoms with van der Waals surface area (Å²) in [5.74, 6) is -1.33. The molecule has 1 saturated carbocycles. The number of aliphatic hydroxyl groups is 1. The smallest absolute Gasteiger partial charge is 0.333 e. The topological polar surface area (TPSA) is 85.4 Å². The third kappa shape index (κ3) is 5.55. The van der Waals surface area contributed by atoms with Crippen molar-refractivity contribution in [3.8, 4) is 0 Å². The molecule has 0 spiro atoms. The number of fused-ring (bicyclic) bond motifs is 1. The van der Waals surface area contributed by atoms with Crippen LogP contribution in [0.4, 0.5) is 0 Å². The van der Waals surface area contributed by atoms with Crippen LogP contribution in [0, 0.1) is 5.92 Å². The second kappa shape index (κ2) is 9.96. The second-order valence-electron chi connectivity index (χ2n) is 8.88. The van der Waals surface area contributed by atoms with Crippen LogP contribution in [0.2, 0.25) is 0 Å². The molecule has 2 rings (SSSR count). The summed E-state index contributed by atoms with van der Waals surface area (Å²) in [5, 5.41) is 11.2. The van der Waals surface area contributed by atoms with Crippen LogP contribution in [-0.2, 0) is 23.8 Å². The molecule has 1 aliphatic heterocycles. The van der Waals surface area contributed by atoms with Gasteiger partial charge in [0.15, 0.2) is 6.10 Å². The maximum Gasteiger partial charge on any atom is 0.333 e. The Morgan fingerprint density at radius 2 is 1.74 bits per heavy atom. The van der Waals surface area contributed by atoms with Gasteiger partial charge in [0.2, 0.25) is 0 Å². The number of epoxide rings is 1. The van der Waals surface area contributed by atoms with Gasteiger partial charge in [0, 0.05) is 23.5 Å². The van der Waals surface area contributed by atoms with E-state index < -0.39 is 41.8 Å². The predicted molar refractivity (Wildman–Crippen MR) is 119 cm³/mol. The first-order chi connectivity index (χ1) is 14.5. The van der Waals surface area contributed by atoms with Crippen LogP contribution in [0.15, 0.2) is 47.1 Å². The number of hydrogen-bond donors (Lipinski definition) is 1. The van der Waals surface area contributed by atoms with E-state index in [9.17, 15) is 14.7 Å². The molecule has 0 radical (unpaired) electrons. The zero-order chi connectivity index (χ0) is 23.5. The van der Waals surface area contributed by atoms with Gasteiger partial charge in [-0.25, -0.2) is 9.59 Å². The number of hydrogen-bond acceptors (Lipinski definition) is 6. The van der Waals surface area contributed by atoms with E-state index >= 15 is 0 Å². The molecule has 172 valence electrons. The van der Waals surface area contributed by atoms with Crippen molar-refractivity contribution in [3.05, 3.63) is 47.1 Å². The van der Waals surface area contributed by atoms with Gasteiger partial charge in [0.1, 0.15) is 17.8 Å². The lowest BCUT2D eigenvalue weighted by Crippen LogP contribution is -2.52. The number of esters is 2. The molecule has 1 saturated heterocycles. The van der Waals surface area contributed by atoms with E-state index in [-0.39, 0.29) is 6.10 Å². The van der Waals surface area contributed by atoms with E-state index in [1.54, 1.807) is 39.8 Å². The molecule has 0 aromatic rings. The number of aliphatic hydroxyl groups excluding tert-OH is 1. The highest BCUT2D eigenvalue weighted by Gasteiger charge is 2.67. The molecule has 1 heterocycles. The highest BCUT2D eigenvalue weighted by Crippen LogP contribution is 2.52. The molecule has 2 aliphatic rings. The number of allylic oxidation sites excluding steroid dienone is 3. The second-order valence-corrected chi connectivity index (χ2v) is 8.88. The van der Waals surface area contributed by atoms with Crippen molar-refractivity contribution in [3.63, 3.8) is 0 Å². The van der Waals surface area contributed by atoms with Gasteiger partial charge in [0.25, 0.3) is 0 Å². The monoisotopic (exact) mass is 432 g/mol. The highest BCUT2D eigenvalue weighted by atomic mass is 16.7. The lowest BCUT2D eigenvalue weighted by Gasteiger charge is -2.38. The largest absolute Gasteiger partial charge is 0.454 e. The summed E-state index contributed by atoms with van der Waals surface area (Å²) < 4.78 is 17.2. The molecule has 0 bridgehead atoms. The first-order valence-corrected chi connectivity index (χ1v) is 10.8. The van der Waals surface area contributed by atoms with E-state index in [0.717, 1.165) is 5.57 Å². The summed E-state index contributed by atoms with van der Waals surface area (Å²) in [6.07, 6.45) is 3.73. The van der Waals surface area contributed by atoms with Gasteiger partial charge < -0.3 is 19.3 Å². The van der Waals surface area contributed by atoms with Gasteiger partial charge in [-0.05, 0) is 60.5 Å². The van der Waals surface area contributed by atoms with Gasteiger partial charge >= 0.3 is 11.9 Å². The van der Waals surface area contributed by atoms with Crippen LogP contribution in [0.3, 0.4) is 0 Å². The normalized spacial score (nSPS) is 31.2. The number of ether oxygens (including phenoxy) is 3. The lowest BCUT2D eigenvalue weighted by atomic mass is 9.73. The fraction of sp³-hybridized carbons (Fsp3) is 0.600. The van der Waals surface area contributed by atoms with Crippen molar-refractivity contribution in [1.29, 1.82) is 0 Å². The maximum atomic E-state index is 12.4. The van der Waals surface area contributed by atoms with Crippen molar-refractivity contribution in [2.45, 2.75) is 91.3 Å². The van der Waals surface area contributed by atoms with E-state index in [1.165, 1.54) is 0 Å². The SMILES string of the molecule is C=C(C(CC=C(C)C)OC(=O)/C(C)=C\C)[C@H]1C[C@H]2O[C@@]2(C)[C@@H](OC(=O)/C(C)=C\C)[C@H]1O. The standard InChI is InChI=1S/C25H36O6/c1-9-15(5)23(27)29-19(12-11-14(3)4)17(7)18-13-20-25(8,31-20)22(21(18)26)30-24(28)16(6)10-2/h9-11,18-22,26H,7,12-13H2,1-6,8H3/b15-9-,16-10-/t18-,19?,20-,21+,22+,25-/m1/s1. The molecule has 1 N–H and O–H groups in total. The van der Waals surface area contributed by atoms with Gasteiger partial charge in [-0.1, -0.05) is 30.4 Å². The molecule has 1 unspecified atom stereocenters. The molecule has 2 fully saturated rings. The Kier molecular flexibility index (Phi) is 8.06. The van der Waals surface area contributed by atoms with Crippen LogP contribution in [0.5, 0.6) is 0 Å². The Morgan fingerprint density at radius 1 is 1.16 bits per heavy atom. The van der Waals surface area contributed by atoms with Crippen molar-refractivity contribution in [2.75, 3.05) is 0 Å². The van der Waals surface area contributed by atoms with E-state index in [1.807, 2.05) is 26.8 Å². The van der Waals surface area contributed by atoms with Crippen LogP contribution in [-0.4, -0.2) is 47.1 Å². The summed E-state index contributed by atoms with van der Waals surface area (Å²) in [6.45, 7) is 16.9. The maximum absolute atomic E-state index is 12.4. The first kappa shape index (κ1) is 25.1. The minimum absolute atomic E-state index is 0.154. The van der Waals surface area contributed by atoms with Gasteiger partial charge in [-0.15, -0.1) is 0 Å². The van der Waals surface area contributed by atoms with Crippen LogP contribution >= 0.6 is 0 Å². The first-order valence-electron chi connectivity index (χ1n) is 10.8. The summed E-state index contributed by atoms with van der Waals surface area (Å²) in [7, 11) is 0. The Balaban J connectivity index is 2.26. The van der Waals surface area contributed by atoms with Crippen LogP contribution in [0.25, 0.3) is 0 Å². The summed E-state index contributed by atoms with van der Waals surface area (Å²) in [5.41, 5.74) is 1.95. The molecule has 1 aliphatic carbocycles. The third-order valence-corrected chi connectivity index (χ3v) is 6.36. The zero-order valence-corrected chi connectivity index (χ0v) is 19.7. The van der Waals surface area contributed by atoms with Gasteiger partial charge in [0.05, 0.1) is 6.10 Å². The number of carbonyl (C=O) groups excluding carboxylic acids is 2. The lowest BCUT2D eigenvalue weighted by molar-refractivity contribution is -0.159. The Bertz CT molecular complexity index is 816. The van der Waals surface area contributed by atoms with Crippen LogP contribution < -0.4 is 0 Å². The van der Waals surface area contributed by atoms with Crippen molar-refractivity contribution >= 4 is 11.9 Å². The van der Waals surface area contributed by atoms with Crippen LogP contribution in [0.1, 0.15) is 61.3 Å². The van der Waals surface area contributed by atoms with Gasteiger partial charge in [-0.2, -0.15) is 0 Å². The summed E-state index contributed by atoms with van der Waals surface area (Å²) >= 11 is 0. The predicted octanol–water partition coefficient (Wildman–Crippen LogP) is 4.19. The molecule has 6 nitrogen and oxygen atoms in total. The molecule has 31 heavy (non-hydrogen) atoms. The Morgan fingerprint density at radius 3 is 2.29 bits per heavy atom. The van der Waals surface area contributed by atoms with Gasteiger partial charge in [-0.3, -0.25) is 0 Å². The van der Waals surface area contributed by atoms with E-state index in [0.29, 0.717) is 29.6 Å². The minimum Gasteiger partial charge on any atom is -0.454 e. The number of rotatable bonds is 8. The van der Waals surface area contributed by atoms with Crippen molar-refractivity contribution in [1.82, 2.24) is 0 Å². The fourth-order valence-corrected chi connectivity index (χ4v) is 3.81. The average molecular weight is 433 g/mol. The quantitative estimate of drug-likeness (QED) is 0.268. The molecule has 0 aromatic carbocycles. The van der Waals surface area contributed by atoms with E-state index in [2.05, 4.69) is 6.58 Å². The Labute approximate surface area is 185 Å². The molecular weight excluding hydrogens is 396 g/mol. The Hall–Kier alpha value is -2.18. The van der Waals surface area contributed by atoms with Crippen molar-refractivity contribution in [2.24, 2.45) is 5.92 Å². The minimum atomic E-state index is -1.01. The fourth-order valence-electron chi connectivity index (χ4n) is 3.81. The van der Waals surface area contributed by atoms with E-state index in [4.69, 9.17) is 14.2 Å². The molecular formula is C25H36O6.